The summed E-state index contributed by atoms with van der Waals surface area (Å²) < 4.78 is 10.1. The Kier molecular flexibility index (Phi) is 7.19. The molecule has 0 saturated carbocycles. The van der Waals surface area contributed by atoms with Gasteiger partial charge in [0.1, 0.15) is 0 Å². The van der Waals surface area contributed by atoms with Gasteiger partial charge in [-0.1, -0.05) is 36.4 Å². The third-order valence-corrected chi connectivity index (χ3v) is 5.69. The van der Waals surface area contributed by atoms with Crippen molar-refractivity contribution in [1.82, 2.24) is 9.88 Å². The first-order valence-electron chi connectivity index (χ1n) is 11.0. The van der Waals surface area contributed by atoms with E-state index in [0.29, 0.717) is 12.1 Å². The number of para-hydroxylation sites is 2. The number of amides is 1. The summed E-state index contributed by atoms with van der Waals surface area (Å²) in [6.07, 6.45) is 5.19. The second-order valence-electron chi connectivity index (χ2n) is 7.89. The fourth-order valence-corrected chi connectivity index (χ4v) is 3.98. The largest absolute Gasteiger partial charge is 0.424 e. The minimum absolute atomic E-state index is 0.305. The molecule has 3 aromatic rings. The van der Waals surface area contributed by atoms with Crippen molar-refractivity contribution in [3.63, 3.8) is 0 Å². The molecule has 0 spiro atoms. The Bertz CT molecular complexity index is 1060. The Morgan fingerprint density at radius 2 is 1.61 bits per heavy atom. The van der Waals surface area contributed by atoms with Gasteiger partial charge in [0.25, 0.3) is 0 Å². The third kappa shape index (κ3) is 5.49. The van der Waals surface area contributed by atoms with Crippen LogP contribution in [0.15, 0.2) is 73.1 Å². The van der Waals surface area contributed by atoms with E-state index in [2.05, 4.69) is 58.4 Å². The van der Waals surface area contributed by atoms with Crippen LogP contribution in [0.4, 0.5) is 16.2 Å². The zero-order chi connectivity index (χ0) is 23.0. The highest BCUT2D eigenvalue weighted by atomic mass is 16.7. The Morgan fingerprint density at radius 1 is 0.939 bits per heavy atom. The molecule has 1 amide bonds. The van der Waals surface area contributed by atoms with Gasteiger partial charge in [-0.25, -0.2) is 9.59 Å². The summed E-state index contributed by atoms with van der Waals surface area (Å²) in [6.45, 7) is 0.835. The highest BCUT2D eigenvalue weighted by Gasteiger charge is 2.20. The van der Waals surface area contributed by atoms with E-state index in [-0.39, 0.29) is 0 Å². The quantitative estimate of drug-likeness (QED) is 0.391. The van der Waals surface area contributed by atoms with Crippen LogP contribution in [0.3, 0.4) is 0 Å². The molecule has 1 aromatic heterocycles. The van der Waals surface area contributed by atoms with Crippen LogP contribution in [0.1, 0.15) is 27.9 Å². The number of fused-ring (bicyclic) bond motifs is 2. The molecular formula is C26H27N3O4. The monoisotopic (exact) mass is 445 g/mol. The van der Waals surface area contributed by atoms with Crippen molar-refractivity contribution in [1.29, 1.82) is 0 Å². The summed E-state index contributed by atoms with van der Waals surface area (Å²) in [4.78, 5) is 31.9. The van der Waals surface area contributed by atoms with Gasteiger partial charge >= 0.3 is 12.1 Å². The number of carbonyl (C=O) groups is 2. The van der Waals surface area contributed by atoms with Gasteiger partial charge in [-0.2, -0.15) is 0 Å². The summed E-state index contributed by atoms with van der Waals surface area (Å²) in [5, 5.41) is 0. The molecule has 0 aliphatic carbocycles. The predicted octanol–water partition coefficient (Wildman–Crippen LogP) is 4.59. The van der Waals surface area contributed by atoms with Crippen molar-refractivity contribution < 1.29 is 19.1 Å². The van der Waals surface area contributed by atoms with E-state index in [0.717, 1.165) is 25.8 Å². The molecule has 0 bridgehead atoms. The maximum Gasteiger partial charge on any atom is 0.412 e. The number of esters is 1. The molecule has 0 atom stereocenters. The summed E-state index contributed by atoms with van der Waals surface area (Å²) in [5.41, 5.74) is 5.40. The number of benzene rings is 2. The molecular weight excluding hydrogens is 418 g/mol. The van der Waals surface area contributed by atoms with Crippen LogP contribution in [-0.2, 0) is 22.3 Å². The van der Waals surface area contributed by atoms with Gasteiger partial charge in [-0.05, 0) is 54.7 Å². The summed E-state index contributed by atoms with van der Waals surface area (Å²) in [5.74, 6) is -0.586. The smallest absolute Gasteiger partial charge is 0.412 e. The maximum absolute atomic E-state index is 12.3. The summed E-state index contributed by atoms with van der Waals surface area (Å²) >= 11 is 0. The Balaban J connectivity index is 1.30. The van der Waals surface area contributed by atoms with E-state index in [1.165, 1.54) is 33.6 Å². The van der Waals surface area contributed by atoms with E-state index in [1.54, 1.807) is 25.4 Å². The molecule has 0 radical (unpaired) electrons. The molecule has 2 heterocycles. The Labute approximate surface area is 193 Å². The number of aryl methyl sites for hydroxylation is 2. The molecule has 4 rings (SSSR count). The van der Waals surface area contributed by atoms with Gasteiger partial charge in [-0.15, -0.1) is 0 Å². The number of ether oxygens (including phenoxy) is 2. The lowest BCUT2D eigenvalue weighted by Crippen LogP contribution is -2.31. The second-order valence-corrected chi connectivity index (χ2v) is 7.89. The molecule has 0 saturated heterocycles. The molecule has 7 heteroatoms. The van der Waals surface area contributed by atoms with Crippen LogP contribution in [0.5, 0.6) is 0 Å². The number of carbonyl (C=O) groups excluding carboxylic acids is 2. The third-order valence-electron chi connectivity index (χ3n) is 5.69. The van der Waals surface area contributed by atoms with E-state index < -0.39 is 18.9 Å². The van der Waals surface area contributed by atoms with Crippen LogP contribution < -0.4 is 4.90 Å². The second kappa shape index (κ2) is 10.6. The van der Waals surface area contributed by atoms with Crippen molar-refractivity contribution in [3.05, 3.63) is 89.7 Å². The van der Waals surface area contributed by atoms with Gasteiger partial charge < -0.3 is 19.3 Å². The molecule has 170 valence electrons. The minimum atomic E-state index is -0.586. The first-order chi connectivity index (χ1) is 16.1. The fraction of sp³-hybridized carbons (Fsp3) is 0.269. The standard InChI is InChI=1S/C26H27N3O4/c1-28(26(31)33-19-32-25(30)22-10-6-15-27-18-22)16-7-17-29-23-11-4-2-8-20(23)13-14-21-9-3-5-12-24(21)29/h2-6,8-12,15,18H,7,13-14,16-17,19H2,1H3. The van der Waals surface area contributed by atoms with Crippen LogP contribution in [0.2, 0.25) is 0 Å². The van der Waals surface area contributed by atoms with Gasteiger partial charge in [0.15, 0.2) is 0 Å². The number of nitrogens with zero attached hydrogens (tertiary/aromatic N) is 3. The van der Waals surface area contributed by atoms with E-state index >= 15 is 0 Å². The SMILES string of the molecule is CN(CCCN1c2ccccc2CCc2ccccc21)C(=O)OCOC(=O)c1cccnc1. The van der Waals surface area contributed by atoms with E-state index in [9.17, 15) is 9.59 Å². The average Bonchev–Trinajstić information content (AvgIpc) is 3.01. The van der Waals surface area contributed by atoms with Crippen molar-refractivity contribution in [2.45, 2.75) is 19.3 Å². The highest BCUT2D eigenvalue weighted by Crippen LogP contribution is 2.35. The molecule has 1 aliphatic heterocycles. The van der Waals surface area contributed by atoms with Crippen molar-refractivity contribution >= 4 is 23.4 Å². The summed E-state index contributed by atoms with van der Waals surface area (Å²) in [6, 6.07) is 20.2. The zero-order valence-electron chi connectivity index (χ0n) is 18.6. The first kappa shape index (κ1) is 22.3. The minimum Gasteiger partial charge on any atom is -0.424 e. The van der Waals surface area contributed by atoms with Crippen LogP contribution in [-0.4, -0.2) is 48.9 Å². The van der Waals surface area contributed by atoms with Crippen molar-refractivity contribution in [2.24, 2.45) is 0 Å². The number of pyridine rings is 1. The molecule has 2 aromatic carbocycles. The van der Waals surface area contributed by atoms with Crippen LogP contribution in [0.25, 0.3) is 0 Å². The molecule has 0 unspecified atom stereocenters. The normalized spacial score (nSPS) is 12.2. The van der Waals surface area contributed by atoms with E-state index in [1.807, 2.05) is 0 Å². The van der Waals surface area contributed by atoms with Gasteiger partial charge in [-0.3, -0.25) is 4.98 Å². The molecule has 0 fully saturated rings. The average molecular weight is 446 g/mol. The lowest BCUT2D eigenvalue weighted by molar-refractivity contribution is -0.0103. The number of hydrogen-bond donors (Lipinski definition) is 0. The maximum atomic E-state index is 12.3. The summed E-state index contributed by atoms with van der Waals surface area (Å²) in [7, 11) is 1.68. The van der Waals surface area contributed by atoms with Gasteiger partial charge in [0, 0.05) is 43.9 Å². The first-order valence-corrected chi connectivity index (χ1v) is 11.0. The number of aromatic nitrogens is 1. The van der Waals surface area contributed by atoms with Crippen molar-refractivity contribution in [2.75, 3.05) is 31.8 Å². The molecule has 33 heavy (non-hydrogen) atoms. The van der Waals surface area contributed by atoms with Gasteiger partial charge in [0.05, 0.1) is 5.56 Å². The molecule has 7 nitrogen and oxygen atoms in total. The van der Waals surface area contributed by atoms with E-state index in [4.69, 9.17) is 9.47 Å². The predicted molar refractivity (Wildman–Crippen MR) is 126 cm³/mol. The topological polar surface area (TPSA) is 72.0 Å². The van der Waals surface area contributed by atoms with Crippen LogP contribution >= 0.6 is 0 Å². The van der Waals surface area contributed by atoms with Crippen LogP contribution in [0, 0.1) is 0 Å². The number of anilines is 2. The molecule has 1 aliphatic rings. The highest BCUT2D eigenvalue weighted by molar-refractivity contribution is 5.88. The lowest BCUT2D eigenvalue weighted by Gasteiger charge is -2.28. The van der Waals surface area contributed by atoms with Crippen molar-refractivity contribution in [3.8, 4) is 0 Å². The molecule has 0 N–H and O–H groups in total. The van der Waals surface area contributed by atoms with Gasteiger partial charge in [0.2, 0.25) is 6.79 Å². The zero-order valence-corrected chi connectivity index (χ0v) is 18.6. The lowest BCUT2D eigenvalue weighted by atomic mass is 10.0. The number of hydrogen-bond acceptors (Lipinski definition) is 6. The Hall–Kier alpha value is -3.87. The fourth-order valence-electron chi connectivity index (χ4n) is 3.98. The Morgan fingerprint density at radius 3 is 2.24 bits per heavy atom. The number of rotatable bonds is 7.